The predicted octanol–water partition coefficient (Wildman–Crippen LogP) is 2.74. The molecule has 0 bridgehead atoms. The van der Waals surface area contributed by atoms with Crippen molar-refractivity contribution >= 4 is 39.7 Å². The Morgan fingerprint density at radius 1 is 0.889 bits per heavy atom. The van der Waals surface area contributed by atoms with E-state index in [1.807, 2.05) is 0 Å². The van der Waals surface area contributed by atoms with Gasteiger partial charge >= 0.3 is 11.2 Å². The number of nitrogens with zero attached hydrogens (tertiary/aromatic N) is 8. The average molecular weight is 524 g/mol. The van der Waals surface area contributed by atoms with Crippen molar-refractivity contribution in [3.8, 4) is 5.19 Å². The van der Waals surface area contributed by atoms with Gasteiger partial charge in [-0.25, -0.2) is 19.9 Å². The molecule has 4 aromatic rings. The van der Waals surface area contributed by atoms with Gasteiger partial charge in [-0.1, -0.05) is 34.2 Å². The molecule has 1 saturated carbocycles. The maximum absolute atomic E-state index is 12.3. The summed E-state index contributed by atoms with van der Waals surface area (Å²) in [7, 11) is 0. The fourth-order valence-corrected chi connectivity index (χ4v) is 5.73. The van der Waals surface area contributed by atoms with Gasteiger partial charge in [0.15, 0.2) is 0 Å². The van der Waals surface area contributed by atoms with Crippen LogP contribution in [-0.4, -0.2) is 52.2 Å². The second-order valence-corrected chi connectivity index (χ2v) is 10.2. The van der Waals surface area contributed by atoms with Crippen molar-refractivity contribution in [1.82, 2.24) is 40.3 Å². The van der Waals surface area contributed by atoms with Gasteiger partial charge in [0.1, 0.15) is 22.7 Å². The summed E-state index contributed by atoms with van der Waals surface area (Å²) in [6, 6.07) is 3.36. The molecular formula is C22H21N9O3S2. The summed E-state index contributed by atoms with van der Waals surface area (Å²) in [6.07, 6.45) is 9.97. The van der Waals surface area contributed by atoms with E-state index in [1.165, 1.54) is 35.3 Å². The molecule has 0 aliphatic heterocycles. The van der Waals surface area contributed by atoms with Crippen LogP contribution in [0.5, 0.6) is 5.19 Å². The van der Waals surface area contributed by atoms with E-state index in [1.54, 1.807) is 24.5 Å². The van der Waals surface area contributed by atoms with Crippen molar-refractivity contribution < 1.29 is 14.3 Å². The van der Waals surface area contributed by atoms with Crippen molar-refractivity contribution in [2.24, 2.45) is 0 Å². The number of anilines is 1. The van der Waals surface area contributed by atoms with Crippen LogP contribution >= 0.6 is 22.7 Å². The Labute approximate surface area is 213 Å². The van der Waals surface area contributed by atoms with E-state index in [2.05, 4.69) is 45.6 Å². The molecule has 1 amide bonds. The largest absolute Gasteiger partial charge is 0.396 e. The smallest absolute Gasteiger partial charge is 0.319 e. The Bertz CT molecular complexity index is 1220. The summed E-state index contributed by atoms with van der Waals surface area (Å²) in [4.78, 5) is 40.3. The molecule has 1 aliphatic rings. The average Bonchev–Trinajstić information content (AvgIpc) is 3.55. The van der Waals surface area contributed by atoms with E-state index in [0.717, 1.165) is 35.7 Å². The Kier molecular flexibility index (Phi) is 7.52. The maximum atomic E-state index is 12.3. The van der Waals surface area contributed by atoms with E-state index < -0.39 is 5.97 Å². The van der Waals surface area contributed by atoms with E-state index in [0.29, 0.717) is 16.5 Å². The number of aromatic nitrogens is 8. The number of carbonyl (C=O) groups excluding carboxylic acids is 2. The molecule has 0 unspecified atom stereocenters. The first-order valence-electron chi connectivity index (χ1n) is 11.3. The summed E-state index contributed by atoms with van der Waals surface area (Å²) in [5.41, 5.74) is 1.22. The van der Waals surface area contributed by atoms with Crippen LogP contribution in [-0.2, 0) is 22.4 Å². The molecule has 0 spiro atoms. The highest BCUT2D eigenvalue weighted by Crippen LogP contribution is 2.43. The molecular weight excluding hydrogens is 502 g/mol. The molecule has 1 fully saturated rings. The quantitative estimate of drug-likeness (QED) is 0.338. The molecule has 0 saturated heterocycles. The third-order valence-electron chi connectivity index (χ3n) is 5.64. The third kappa shape index (κ3) is 6.26. The maximum Gasteiger partial charge on any atom is 0.319 e. The van der Waals surface area contributed by atoms with E-state index in [9.17, 15) is 9.59 Å². The summed E-state index contributed by atoms with van der Waals surface area (Å²) >= 11 is 2.68. The van der Waals surface area contributed by atoms with Crippen LogP contribution in [0.3, 0.4) is 0 Å². The Hall–Kier alpha value is -3.78. The number of esters is 1. The zero-order chi connectivity index (χ0) is 24.7. The zero-order valence-electron chi connectivity index (χ0n) is 19.0. The molecule has 1 N–H and O–H groups in total. The topological polar surface area (TPSA) is 159 Å². The van der Waals surface area contributed by atoms with Crippen LogP contribution < -0.4 is 10.1 Å². The van der Waals surface area contributed by atoms with Gasteiger partial charge in [0.2, 0.25) is 11.0 Å². The highest BCUT2D eigenvalue weighted by atomic mass is 32.1. The molecule has 2 atom stereocenters. The van der Waals surface area contributed by atoms with E-state index >= 15 is 0 Å². The van der Waals surface area contributed by atoms with E-state index in [-0.39, 0.29) is 35.8 Å². The number of ether oxygens (including phenoxy) is 1. The summed E-state index contributed by atoms with van der Waals surface area (Å²) < 4.78 is 5.36. The number of rotatable bonds is 8. The fraction of sp³-hybridized carbons (Fsp3) is 0.364. The van der Waals surface area contributed by atoms with Crippen LogP contribution in [0.1, 0.15) is 58.9 Å². The zero-order valence-corrected chi connectivity index (χ0v) is 20.6. The summed E-state index contributed by atoms with van der Waals surface area (Å²) in [5.74, 6) is -0.244. The first-order chi connectivity index (χ1) is 17.6. The van der Waals surface area contributed by atoms with E-state index in [4.69, 9.17) is 4.74 Å². The van der Waals surface area contributed by atoms with Gasteiger partial charge in [0.05, 0.1) is 24.2 Å². The minimum absolute atomic E-state index is 0.0396. The van der Waals surface area contributed by atoms with Gasteiger partial charge in [-0.15, -0.1) is 15.3 Å². The first-order valence-corrected chi connectivity index (χ1v) is 12.9. The van der Waals surface area contributed by atoms with Crippen LogP contribution in [0.2, 0.25) is 0 Å². The van der Waals surface area contributed by atoms with Gasteiger partial charge in [-0.2, -0.15) is 0 Å². The van der Waals surface area contributed by atoms with Crippen molar-refractivity contribution in [3.05, 3.63) is 58.6 Å². The molecule has 0 radical (unpaired) electrons. The minimum atomic E-state index is -0.443. The standard InChI is InChI=1S/C22H21N9O3S2/c32-17(9-15-4-6-23-11-25-15)27-21-30-28-19(35-21)13-2-1-3-14(8-13)20-29-31-22(36-20)34-18(33)10-16-5-7-24-12-26-16/h4-7,11-14H,1-3,8-10H2,(H,27,30,32)/t13-,14-/m0/s1. The number of hydrogen-bond donors (Lipinski definition) is 1. The Morgan fingerprint density at radius 2 is 1.56 bits per heavy atom. The number of carbonyl (C=O) groups is 2. The Balaban J connectivity index is 1.15. The second-order valence-electron chi connectivity index (χ2n) is 8.19. The lowest BCUT2D eigenvalue weighted by molar-refractivity contribution is -0.133. The molecule has 4 heterocycles. The molecule has 5 rings (SSSR count). The fourth-order valence-electron chi connectivity index (χ4n) is 3.97. The van der Waals surface area contributed by atoms with Gasteiger partial charge in [-0.05, 0) is 31.4 Å². The van der Waals surface area contributed by atoms with Crippen molar-refractivity contribution in [3.63, 3.8) is 0 Å². The minimum Gasteiger partial charge on any atom is -0.396 e. The second kappa shape index (κ2) is 11.3. The molecule has 36 heavy (non-hydrogen) atoms. The van der Waals surface area contributed by atoms with Gasteiger partial charge in [-0.3, -0.25) is 9.59 Å². The molecule has 14 heteroatoms. The Morgan fingerprint density at radius 3 is 2.25 bits per heavy atom. The molecule has 184 valence electrons. The SMILES string of the molecule is O=C(Cc1ccncn1)Nc1nnc([C@H]2CCC[C@H](c3nnc(OC(=O)Cc4ccncn4)s3)C2)s1. The van der Waals surface area contributed by atoms with Gasteiger partial charge in [0.25, 0.3) is 0 Å². The van der Waals surface area contributed by atoms with Crippen LogP contribution in [0.15, 0.2) is 37.2 Å². The summed E-state index contributed by atoms with van der Waals surface area (Å²) in [6.45, 7) is 0. The number of nitrogens with one attached hydrogen (secondary N) is 1. The molecule has 4 aromatic heterocycles. The summed E-state index contributed by atoms with van der Waals surface area (Å²) in [5, 5.41) is 22.0. The number of amides is 1. The highest BCUT2D eigenvalue weighted by molar-refractivity contribution is 7.15. The number of hydrogen-bond acceptors (Lipinski definition) is 13. The van der Waals surface area contributed by atoms with Gasteiger partial charge < -0.3 is 10.1 Å². The molecule has 12 nitrogen and oxygen atoms in total. The lowest BCUT2D eigenvalue weighted by atomic mass is 9.82. The van der Waals surface area contributed by atoms with Crippen LogP contribution in [0.4, 0.5) is 5.13 Å². The molecule has 0 aromatic carbocycles. The monoisotopic (exact) mass is 523 g/mol. The first kappa shape index (κ1) is 23.9. The predicted molar refractivity (Wildman–Crippen MR) is 130 cm³/mol. The van der Waals surface area contributed by atoms with Crippen molar-refractivity contribution in [2.45, 2.75) is 50.4 Å². The molecule has 1 aliphatic carbocycles. The third-order valence-corrected chi connectivity index (χ3v) is 7.60. The lowest BCUT2D eigenvalue weighted by Crippen LogP contribution is -2.15. The normalized spacial score (nSPS) is 17.4. The van der Waals surface area contributed by atoms with Crippen molar-refractivity contribution in [2.75, 3.05) is 5.32 Å². The van der Waals surface area contributed by atoms with Crippen molar-refractivity contribution in [1.29, 1.82) is 0 Å². The van der Waals surface area contributed by atoms with Gasteiger partial charge in [0, 0.05) is 24.2 Å². The van der Waals surface area contributed by atoms with Crippen LogP contribution in [0.25, 0.3) is 0 Å². The highest BCUT2D eigenvalue weighted by Gasteiger charge is 2.29. The lowest BCUT2D eigenvalue weighted by Gasteiger charge is -2.25. The van der Waals surface area contributed by atoms with Crippen LogP contribution in [0, 0.1) is 0 Å².